The third-order valence-electron chi connectivity index (χ3n) is 4.08. The van der Waals surface area contributed by atoms with Crippen molar-refractivity contribution in [2.45, 2.75) is 11.1 Å². The zero-order valence-corrected chi connectivity index (χ0v) is 16.2. The first-order valence-corrected chi connectivity index (χ1v) is 9.92. The number of thiophene rings is 1. The second kappa shape index (κ2) is 7.74. The maximum Gasteiger partial charge on any atom is 0.271 e. The Kier molecular flexibility index (Phi) is 6.14. The van der Waals surface area contributed by atoms with E-state index in [9.17, 15) is 8.42 Å². The Balaban J connectivity index is 0.00000208. The topological polar surface area (TPSA) is 52.6 Å². The summed E-state index contributed by atoms with van der Waals surface area (Å²) in [6, 6.07) is 9.25. The number of sulfonamides is 1. The summed E-state index contributed by atoms with van der Waals surface area (Å²) in [6.45, 7) is 6.02. The molecule has 1 aromatic carbocycles. The van der Waals surface area contributed by atoms with Crippen LogP contribution < -0.4 is 9.62 Å². The Hall–Kier alpha value is -1.28. The van der Waals surface area contributed by atoms with Crippen molar-refractivity contribution in [1.82, 2.24) is 4.90 Å². The molecule has 8 heteroatoms. The van der Waals surface area contributed by atoms with Gasteiger partial charge in [0.1, 0.15) is 4.21 Å². The van der Waals surface area contributed by atoms with Gasteiger partial charge >= 0.3 is 0 Å². The van der Waals surface area contributed by atoms with E-state index in [0.29, 0.717) is 9.90 Å². The van der Waals surface area contributed by atoms with Crippen LogP contribution in [0.25, 0.3) is 0 Å². The number of likely N-dealkylation sites (N-methyl/N-ethyl adjacent to an activating group) is 1. The molecule has 0 atom stereocenters. The van der Waals surface area contributed by atoms with Crippen molar-refractivity contribution in [1.29, 1.82) is 0 Å². The predicted molar refractivity (Wildman–Crippen MR) is 103 cm³/mol. The van der Waals surface area contributed by atoms with Gasteiger partial charge in [0.2, 0.25) is 0 Å². The molecule has 132 valence electrons. The molecule has 1 aliphatic rings. The van der Waals surface area contributed by atoms with Crippen molar-refractivity contribution in [2.75, 3.05) is 42.8 Å². The minimum atomic E-state index is -3.49. The molecule has 0 unspecified atom stereocenters. The summed E-state index contributed by atoms with van der Waals surface area (Å²) in [5.41, 5.74) is 2.72. The molecule has 2 heterocycles. The number of nitrogens with one attached hydrogen (secondary N) is 1. The van der Waals surface area contributed by atoms with E-state index >= 15 is 0 Å². The fraction of sp³-hybridized carbons (Fsp3) is 0.375. The Bertz CT molecular complexity index is 771. The molecule has 1 saturated heterocycles. The molecular formula is C16H22ClN3O2S2. The van der Waals surface area contributed by atoms with Crippen molar-refractivity contribution >= 4 is 45.1 Å². The van der Waals surface area contributed by atoms with Crippen LogP contribution in [0, 0.1) is 6.92 Å². The average molecular weight is 388 g/mol. The zero-order chi connectivity index (χ0) is 16.4. The highest BCUT2D eigenvalue weighted by molar-refractivity contribution is 7.94. The second-order valence-corrected chi connectivity index (χ2v) is 8.68. The normalized spacial score (nSPS) is 15.8. The first-order valence-electron chi connectivity index (χ1n) is 7.56. The van der Waals surface area contributed by atoms with Crippen LogP contribution in [0.2, 0.25) is 0 Å². The summed E-state index contributed by atoms with van der Waals surface area (Å²) >= 11 is 1.22. The highest BCUT2D eigenvalue weighted by atomic mass is 35.5. The maximum absolute atomic E-state index is 12.3. The van der Waals surface area contributed by atoms with E-state index in [4.69, 9.17) is 0 Å². The summed E-state index contributed by atoms with van der Waals surface area (Å²) in [5.74, 6) is 0. The number of nitrogens with zero attached hydrogens (tertiary/aromatic N) is 2. The summed E-state index contributed by atoms with van der Waals surface area (Å²) in [5, 5.41) is 1.76. The summed E-state index contributed by atoms with van der Waals surface area (Å²) < 4.78 is 27.7. The third-order valence-corrected chi connectivity index (χ3v) is 6.85. The van der Waals surface area contributed by atoms with E-state index in [1.807, 2.05) is 19.1 Å². The molecule has 0 spiro atoms. The van der Waals surface area contributed by atoms with E-state index in [-0.39, 0.29) is 12.4 Å². The van der Waals surface area contributed by atoms with Crippen LogP contribution in [0.15, 0.2) is 39.9 Å². The lowest BCUT2D eigenvalue weighted by Gasteiger charge is -2.34. The molecule has 0 amide bonds. The lowest BCUT2D eigenvalue weighted by atomic mass is 10.1. The van der Waals surface area contributed by atoms with Crippen molar-refractivity contribution < 1.29 is 8.42 Å². The van der Waals surface area contributed by atoms with Crippen molar-refractivity contribution in [3.8, 4) is 0 Å². The molecule has 0 aliphatic carbocycles. The molecule has 0 bridgehead atoms. The third kappa shape index (κ3) is 4.22. The smallest absolute Gasteiger partial charge is 0.271 e. The van der Waals surface area contributed by atoms with Gasteiger partial charge in [-0.2, -0.15) is 0 Å². The maximum atomic E-state index is 12.3. The first kappa shape index (κ1) is 19.1. The SMILES string of the molecule is Cc1cc(N2CCN(C)CC2)ccc1NS(=O)(=O)c1cccs1.Cl. The lowest BCUT2D eigenvalue weighted by molar-refractivity contribution is 0.313. The number of rotatable bonds is 4. The molecule has 1 aliphatic heterocycles. The number of hydrogen-bond acceptors (Lipinski definition) is 5. The average Bonchev–Trinajstić information content (AvgIpc) is 3.05. The van der Waals surface area contributed by atoms with E-state index in [2.05, 4.69) is 27.6 Å². The quantitative estimate of drug-likeness (QED) is 0.876. The van der Waals surface area contributed by atoms with Crippen molar-refractivity contribution in [3.05, 3.63) is 41.3 Å². The molecule has 0 radical (unpaired) electrons. The van der Waals surface area contributed by atoms with Crippen LogP contribution in [0.3, 0.4) is 0 Å². The van der Waals surface area contributed by atoms with E-state index in [1.165, 1.54) is 11.3 Å². The van der Waals surface area contributed by atoms with Crippen LogP contribution in [0.1, 0.15) is 5.56 Å². The molecule has 5 nitrogen and oxygen atoms in total. The Morgan fingerprint density at radius 1 is 1.12 bits per heavy atom. The van der Waals surface area contributed by atoms with Gasteiger partial charge in [-0.1, -0.05) is 6.07 Å². The fourth-order valence-corrected chi connectivity index (χ4v) is 4.76. The highest BCUT2D eigenvalue weighted by Crippen LogP contribution is 2.26. The number of aryl methyl sites for hydroxylation is 1. The van der Waals surface area contributed by atoms with Crippen LogP contribution >= 0.6 is 23.7 Å². The predicted octanol–water partition coefficient (Wildman–Crippen LogP) is 3.03. The summed E-state index contributed by atoms with van der Waals surface area (Å²) in [6.07, 6.45) is 0. The summed E-state index contributed by atoms with van der Waals surface area (Å²) in [7, 11) is -1.36. The molecule has 2 aromatic rings. The van der Waals surface area contributed by atoms with E-state index in [1.54, 1.807) is 17.5 Å². The van der Waals surface area contributed by atoms with Gasteiger partial charge in [0.05, 0.1) is 5.69 Å². The number of anilines is 2. The van der Waals surface area contributed by atoms with Crippen LogP contribution in [0.4, 0.5) is 11.4 Å². The van der Waals surface area contributed by atoms with E-state index in [0.717, 1.165) is 37.4 Å². The summed E-state index contributed by atoms with van der Waals surface area (Å²) in [4.78, 5) is 4.65. The van der Waals surface area contributed by atoms with Gasteiger partial charge in [0, 0.05) is 31.9 Å². The van der Waals surface area contributed by atoms with Crippen molar-refractivity contribution in [2.24, 2.45) is 0 Å². The minimum absolute atomic E-state index is 0. The fourth-order valence-electron chi connectivity index (χ4n) is 2.64. The van der Waals surface area contributed by atoms with Gasteiger partial charge in [0.15, 0.2) is 0 Å². The Morgan fingerprint density at radius 3 is 2.42 bits per heavy atom. The van der Waals surface area contributed by atoms with Crippen LogP contribution in [-0.4, -0.2) is 46.5 Å². The molecule has 24 heavy (non-hydrogen) atoms. The Morgan fingerprint density at radius 2 is 1.83 bits per heavy atom. The molecule has 1 N–H and O–H groups in total. The van der Waals surface area contributed by atoms with Crippen LogP contribution in [-0.2, 0) is 10.0 Å². The molecule has 0 saturated carbocycles. The molecular weight excluding hydrogens is 366 g/mol. The second-order valence-electron chi connectivity index (χ2n) is 5.83. The van der Waals surface area contributed by atoms with E-state index < -0.39 is 10.0 Å². The van der Waals surface area contributed by atoms with Gasteiger partial charge in [-0.05, 0) is 49.2 Å². The zero-order valence-electron chi connectivity index (χ0n) is 13.7. The van der Waals surface area contributed by atoms with Gasteiger partial charge in [0.25, 0.3) is 10.0 Å². The molecule has 1 fully saturated rings. The monoisotopic (exact) mass is 387 g/mol. The van der Waals surface area contributed by atoms with Crippen LogP contribution in [0.5, 0.6) is 0 Å². The number of benzene rings is 1. The largest absolute Gasteiger partial charge is 0.369 e. The first-order chi connectivity index (χ1) is 11.0. The van der Waals surface area contributed by atoms with Gasteiger partial charge in [-0.15, -0.1) is 23.7 Å². The lowest BCUT2D eigenvalue weighted by Crippen LogP contribution is -2.44. The number of piperazine rings is 1. The van der Waals surface area contributed by atoms with Crippen molar-refractivity contribution in [3.63, 3.8) is 0 Å². The number of halogens is 1. The minimum Gasteiger partial charge on any atom is -0.369 e. The molecule has 3 rings (SSSR count). The highest BCUT2D eigenvalue weighted by Gasteiger charge is 2.18. The number of hydrogen-bond donors (Lipinski definition) is 1. The van der Waals surface area contributed by atoms with Gasteiger partial charge < -0.3 is 9.80 Å². The van der Waals surface area contributed by atoms with Gasteiger partial charge in [-0.3, -0.25) is 4.72 Å². The van der Waals surface area contributed by atoms with Gasteiger partial charge in [-0.25, -0.2) is 8.42 Å². The molecule has 1 aromatic heterocycles. The standard InChI is InChI=1S/C16H21N3O2S2.ClH/c1-13-12-14(19-9-7-18(2)8-10-19)5-6-15(13)17-23(20,21)16-4-3-11-22-16;/h3-6,11-12,17H,7-10H2,1-2H3;1H. The Labute approximate surface area is 153 Å².